The van der Waals surface area contributed by atoms with Gasteiger partial charge in [0.15, 0.2) is 0 Å². The molecule has 1 saturated carbocycles. The van der Waals surface area contributed by atoms with Gasteiger partial charge in [0.2, 0.25) is 0 Å². The van der Waals surface area contributed by atoms with Crippen molar-refractivity contribution in [1.29, 1.82) is 0 Å². The Balaban J connectivity index is 1.21. The number of nitrogens with zero attached hydrogens (tertiary/aromatic N) is 4. The zero-order chi connectivity index (χ0) is 26.9. The van der Waals surface area contributed by atoms with Crippen molar-refractivity contribution < 1.29 is 9.18 Å². The second-order valence-corrected chi connectivity index (χ2v) is 11.0. The summed E-state index contributed by atoms with van der Waals surface area (Å²) in [6.45, 7) is 6.01. The highest BCUT2D eigenvalue weighted by atomic mass is 19.1. The van der Waals surface area contributed by atoms with Crippen LogP contribution < -0.4 is 5.56 Å². The third-order valence-corrected chi connectivity index (χ3v) is 8.56. The molecule has 0 atom stereocenters. The van der Waals surface area contributed by atoms with Crippen LogP contribution in [0.4, 0.5) is 4.39 Å². The molecule has 6 rings (SSSR count). The number of aryl methyl sites for hydroxylation is 2. The Kier molecular flexibility index (Phi) is 7.21. The molecule has 0 spiro atoms. The molecule has 0 radical (unpaired) electrons. The number of H-pyrrole nitrogens is 1. The molecule has 1 N–H and O–H groups in total. The van der Waals surface area contributed by atoms with Crippen LogP contribution in [-0.4, -0.2) is 63.2 Å². The van der Waals surface area contributed by atoms with Crippen LogP contribution in [0.2, 0.25) is 0 Å². The molecular formula is C31H36FN5O2. The Morgan fingerprint density at radius 3 is 2.62 bits per heavy atom. The summed E-state index contributed by atoms with van der Waals surface area (Å²) in [5.41, 5.74) is 4.18. The molecule has 1 amide bonds. The number of aromatic nitrogens is 3. The number of hydrogen-bond acceptors (Lipinski definition) is 4. The molecule has 7 nitrogen and oxygen atoms in total. The molecule has 4 aromatic rings. The molecule has 1 aliphatic heterocycles. The number of carbonyl (C=O) groups excluding carboxylic acids is 1. The van der Waals surface area contributed by atoms with Crippen molar-refractivity contribution in [3.05, 3.63) is 75.5 Å². The molecule has 2 aliphatic rings. The van der Waals surface area contributed by atoms with E-state index in [2.05, 4.69) is 15.0 Å². The quantitative estimate of drug-likeness (QED) is 0.362. The van der Waals surface area contributed by atoms with E-state index in [9.17, 15) is 14.0 Å². The van der Waals surface area contributed by atoms with Crippen LogP contribution in [0.3, 0.4) is 0 Å². The van der Waals surface area contributed by atoms with Gasteiger partial charge in [-0.3, -0.25) is 19.2 Å². The molecule has 2 aromatic heterocycles. The molecule has 2 aromatic carbocycles. The van der Waals surface area contributed by atoms with E-state index in [1.165, 1.54) is 18.9 Å². The van der Waals surface area contributed by atoms with Crippen LogP contribution in [0.5, 0.6) is 0 Å². The van der Waals surface area contributed by atoms with Crippen LogP contribution in [0.25, 0.3) is 21.8 Å². The second-order valence-electron chi connectivity index (χ2n) is 11.0. The van der Waals surface area contributed by atoms with Crippen LogP contribution >= 0.6 is 0 Å². The molecule has 39 heavy (non-hydrogen) atoms. The van der Waals surface area contributed by atoms with E-state index in [1.54, 1.807) is 18.3 Å². The van der Waals surface area contributed by atoms with Crippen LogP contribution in [0.1, 0.15) is 66.6 Å². The van der Waals surface area contributed by atoms with E-state index in [-0.39, 0.29) is 17.3 Å². The van der Waals surface area contributed by atoms with Gasteiger partial charge in [0.25, 0.3) is 11.5 Å². The third kappa shape index (κ3) is 5.10. The lowest BCUT2D eigenvalue weighted by molar-refractivity contribution is 0.0635. The van der Waals surface area contributed by atoms with E-state index in [0.29, 0.717) is 30.9 Å². The zero-order valence-electron chi connectivity index (χ0n) is 22.6. The highest BCUT2D eigenvalue weighted by molar-refractivity contribution is 6.07. The maximum Gasteiger partial charge on any atom is 0.259 e. The molecule has 0 unspecified atom stereocenters. The summed E-state index contributed by atoms with van der Waals surface area (Å²) in [5.74, 6) is -0.130. The minimum atomic E-state index is -0.185. The monoisotopic (exact) mass is 529 g/mol. The number of nitrogens with one attached hydrogen (secondary N) is 1. The van der Waals surface area contributed by atoms with Crippen LogP contribution in [0.15, 0.2) is 47.4 Å². The number of benzene rings is 2. The summed E-state index contributed by atoms with van der Waals surface area (Å²) in [4.78, 5) is 34.1. The largest absolute Gasteiger partial charge is 0.336 e. The minimum Gasteiger partial charge on any atom is -0.336 e. The molecular weight excluding hydrogens is 493 g/mol. The SMILES string of the molecule is CCc1cc2[nH]c(=O)c3cnn(C4CCCC4)c3c2cc1C(=O)N1CCN(CCCc2cccc(F)c2)CC1. The molecule has 3 heterocycles. The maximum absolute atomic E-state index is 13.8. The van der Waals surface area contributed by atoms with Gasteiger partial charge in [-0.25, -0.2) is 4.39 Å². The summed E-state index contributed by atoms with van der Waals surface area (Å²) < 4.78 is 15.5. The lowest BCUT2D eigenvalue weighted by Gasteiger charge is -2.35. The van der Waals surface area contributed by atoms with Crippen molar-refractivity contribution in [3.8, 4) is 0 Å². The molecule has 8 heteroatoms. The number of piperazine rings is 1. The zero-order valence-corrected chi connectivity index (χ0v) is 22.6. The molecule has 1 aliphatic carbocycles. The molecule has 1 saturated heterocycles. The van der Waals surface area contributed by atoms with Gasteiger partial charge in [-0.15, -0.1) is 0 Å². The van der Waals surface area contributed by atoms with Crippen LogP contribution in [0, 0.1) is 5.82 Å². The third-order valence-electron chi connectivity index (χ3n) is 8.56. The fraction of sp³-hybridized carbons (Fsp3) is 0.452. The Morgan fingerprint density at radius 1 is 1.08 bits per heavy atom. The Hall–Kier alpha value is -3.52. The maximum atomic E-state index is 13.8. The van der Waals surface area contributed by atoms with Gasteiger partial charge < -0.3 is 9.88 Å². The van der Waals surface area contributed by atoms with Crippen molar-refractivity contribution in [1.82, 2.24) is 24.6 Å². The van der Waals surface area contributed by atoms with E-state index < -0.39 is 0 Å². The molecule has 0 bridgehead atoms. The number of rotatable bonds is 7. The van der Waals surface area contributed by atoms with Crippen LogP contribution in [-0.2, 0) is 12.8 Å². The van der Waals surface area contributed by atoms with Crippen molar-refractivity contribution in [3.63, 3.8) is 0 Å². The number of carbonyl (C=O) groups is 1. The average Bonchev–Trinajstić information content (AvgIpc) is 3.63. The first kappa shape index (κ1) is 25.7. The minimum absolute atomic E-state index is 0.0550. The number of hydrogen-bond donors (Lipinski definition) is 1. The van der Waals surface area contributed by atoms with Gasteiger partial charge in [-0.1, -0.05) is 31.9 Å². The fourth-order valence-corrected chi connectivity index (χ4v) is 6.39. The van der Waals surface area contributed by atoms with Gasteiger partial charge in [-0.2, -0.15) is 5.10 Å². The Bertz CT molecular complexity index is 1560. The van der Waals surface area contributed by atoms with E-state index in [4.69, 9.17) is 0 Å². The fourth-order valence-electron chi connectivity index (χ4n) is 6.39. The van der Waals surface area contributed by atoms with Gasteiger partial charge in [0, 0.05) is 37.1 Å². The van der Waals surface area contributed by atoms with Gasteiger partial charge in [0.1, 0.15) is 5.82 Å². The predicted octanol–water partition coefficient (Wildman–Crippen LogP) is 5.09. The first-order chi connectivity index (χ1) is 19.0. The van der Waals surface area contributed by atoms with Crippen molar-refractivity contribution in [2.45, 2.75) is 57.9 Å². The molecule has 204 valence electrons. The summed E-state index contributed by atoms with van der Waals surface area (Å²) >= 11 is 0. The van der Waals surface area contributed by atoms with E-state index in [1.807, 2.05) is 34.7 Å². The lowest BCUT2D eigenvalue weighted by atomic mass is 9.99. The second kappa shape index (κ2) is 10.9. The van der Waals surface area contributed by atoms with Gasteiger partial charge >= 0.3 is 0 Å². The van der Waals surface area contributed by atoms with Gasteiger partial charge in [0.05, 0.1) is 28.7 Å². The van der Waals surface area contributed by atoms with E-state index >= 15 is 0 Å². The summed E-state index contributed by atoms with van der Waals surface area (Å²) in [5, 5.41) is 6.11. The highest BCUT2D eigenvalue weighted by Crippen LogP contribution is 2.34. The first-order valence-corrected chi connectivity index (χ1v) is 14.3. The Labute approximate surface area is 227 Å². The van der Waals surface area contributed by atoms with Crippen molar-refractivity contribution in [2.75, 3.05) is 32.7 Å². The van der Waals surface area contributed by atoms with Gasteiger partial charge in [-0.05, 0) is 74.0 Å². The van der Waals surface area contributed by atoms with E-state index in [0.717, 1.165) is 78.4 Å². The number of pyridine rings is 1. The highest BCUT2D eigenvalue weighted by Gasteiger charge is 2.26. The summed E-state index contributed by atoms with van der Waals surface area (Å²) in [6, 6.07) is 11.1. The summed E-state index contributed by atoms with van der Waals surface area (Å²) in [7, 11) is 0. The normalized spacial score (nSPS) is 17.0. The number of aromatic amines is 1. The van der Waals surface area contributed by atoms with Crippen molar-refractivity contribution >= 4 is 27.7 Å². The average molecular weight is 530 g/mol. The standard InChI is InChI=1S/C31H36FN5O2/c1-2-22-18-28-26(29-27(30(38)34-28)20-33-37(29)24-10-3-4-11-24)19-25(22)31(39)36-15-13-35(14-16-36)12-6-8-21-7-5-9-23(32)17-21/h5,7,9,17-20,24H,2-4,6,8,10-16H2,1H3,(H,34,38). The molecule has 2 fully saturated rings. The lowest BCUT2D eigenvalue weighted by Crippen LogP contribution is -2.49. The summed E-state index contributed by atoms with van der Waals surface area (Å²) in [6.07, 6.45) is 8.68. The predicted molar refractivity (Wildman–Crippen MR) is 152 cm³/mol. The first-order valence-electron chi connectivity index (χ1n) is 14.3. The number of amides is 1. The number of fused-ring (bicyclic) bond motifs is 3. The van der Waals surface area contributed by atoms with Crippen molar-refractivity contribution in [2.24, 2.45) is 0 Å². The number of halogens is 1. The topological polar surface area (TPSA) is 74.2 Å². The Morgan fingerprint density at radius 2 is 1.87 bits per heavy atom. The smallest absolute Gasteiger partial charge is 0.259 e.